The number of aliphatic hydroxyl groups is 1. The minimum Gasteiger partial charge on any atom is -0.505 e. The summed E-state index contributed by atoms with van der Waals surface area (Å²) in [6, 6.07) is 0. The zero-order chi connectivity index (χ0) is 20.1. The number of hydrogen-bond acceptors (Lipinski definition) is 4. The fourth-order valence-electron chi connectivity index (χ4n) is 4.04. The maximum Gasteiger partial charge on any atom is 0.233 e. The average molecular weight is 372 g/mol. The molecular weight excluding hydrogens is 338 g/mol. The monoisotopic (exact) mass is 371 g/mol. The fourth-order valence-corrected chi connectivity index (χ4v) is 4.04. The Morgan fingerprint density at radius 1 is 1.26 bits per heavy atom. The number of nitrogens with one attached hydrogen (secondary N) is 1. The molecule has 0 amide bonds. The van der Waals surface area contributed by atoms with E-state index in [0.29, 0.717) is 24.2 Å². The van der Waals surface area contributed by atoms with Crippen LogP contribution in [0, 0.1) is 11.8 Å². The van der Waals surface area contributed by atoms with E-state index in [9.17, 15) is 14.7 Å². The minimum atomic E-state index is -0.556. The van der Waals surface area contributed by atoms with Gasteiger partial charge in [-0.15, -0.1) is 0 Å². The summed E-state index contributed by atoms with van der Waals surface area (Å²) >= 11 is 0. The number of Topliss-reactive ketones (excluding diaryl/α,β-unsaturated/α-hetero) is 2. The van der Waals surface area contributed by atoms with Gasteiger partial charge in [0.25, 0.3) is 0 Å². The molecule has 0 aromatic heterocycles. The van der Waals surface area contributed by atoms with Crippen LogP contribution in [-0.2, 0) is 9.59 Å². The van der Waals surface area contributed by atoms with Gasteiger partial charge in [0.15, 0.2) is 0 Å². The first kappa shape index (κ1) is 21.2. The van der Waals surface area contributed by atoms with E-state index in [-0.39, 0.29) is 23.2 Å². The summed E-state index contributed by atoms with van der Waals surface area (Å²) in [6.45, 7) is 12.8. The van der Waals surface area contributed by atoms with Crippen LogP contribution in [-0.4, -0.2) is 23.2 Å². The second kappa shape index (κ2) is 9.20. The van der Waals surface area contributed by atoms with Gasteiger partial charge in [-0.25, -0.2) is 0 Å². The molecule has 0 radical (unpaired) electrons. The molecule has 2 aliphatic carbocycles. The summed E-state index contributed by atoms with van der Waals surface area (Å²) in [5, 5.41) is 14.3. The van der Waals surface area contributed by atoms with Crippen molar-refractivity contribution in [2.24, 2.45) is 11.8 Å². The maximum atomic E-state index is 13.0. The third-order valence-corrected chi connectivity index (χ3v) is 5.56. The number of aliphatic hydroxyl groups excluding tert-OH is 1. The first-order chi connectivity index (χ1) is 12.8. The molecular formula is C23H33NO3. The Morgan fingerprint density at radius 3 is 2.56 bits per heavy atom. The summed E-state index contributed by atoms with van der Waals surface area (Å²) in [6.07, 6.45) is 7.04. The topological polar surface area (TPSA) is 66.4 Å². The van der Waals surface area contributed by atoms with Gasteiger partial charge in [0.1, 0.15) is 5.76 Å². The van der Waals surface area contributed by atoms with E-state index in [1.54, 1.807) is 0 Å². The Balaban J connectivity index is 2.57. The molecule has 4 heteroatoms. The van der Waals surface area contributed by atoms with Gasteiger partial charge in [-0.1, -0.05) is 50.5 Å². The number of rotatable bonds is 8. The van der Waals surface area contributed by atoms with Crippen LogP contribution in [0.2, 0.25) is 0 Å². The Labute approximate surface area is 163 Å². The van der Waals surface area contributed by atoms with Crippen molar-refractivity contribution in [3.8, 4) is 0 Å². The molecule has 27 heavy (non-hydrogen) atoms. The number of hydrogen-bond donors (Lipinski definition) is 2. The Morgan fingerprint density at radius 2 is 1.96 bits per heavy atom. The average Bonchev–Trinajstić information content (AvgIpc) is 2.62. The molecule has 0 spiro atoms. The quantitative estimate of drug-likeness (QED) is 0.274. The van der Waals surface area contributed by atoms with E-state index in [1.165, 1.54) is 5.57 Å². The SMILES string of the molecule is C=C(C)[C@@H]1CCC(C)=C[C@H]1C1=C(O)C(NCCCC)=C(CCC)C(=O)C1=O. The zero-order valence-electron chi connectivity index (χ0n) is 17.2. The summed E-state index contributed by atoms with van der Waals surface area (Å²) in [5.41, 5.74) is 3.28. The van der Waals surface area contributed by atoms with Gasteiger partial charge in [-0.3, -0.25) is 9.59 Å². The van der Waals surface area contributed by atoms with Crippen molar-refractivity contribution in [2.45, 2.75) is 66.2 Å². The van der Waals surface area contributed by atoms with Gasteiger partial charge in [-0.05, 0) is 45.4 Å². The summed E-state index contributed by atoms with van der Waals surface area (Å²) in [7, 11) is 0. The van der Waals surface area contributed by atoms with Crippen LogP contribution in [0.4, 0.5) is 0 Å². The number of unbranched alkanes of at least 4 members (excludes halogenated alkanes) is 1. The number of carbonyl (C=O) groups excluding carboxylic acids is 2. The van der Waals surface area contributed by atoms with E-state index in [1.807, 2.05) is 26.8 Å². The summed E-state index contributed by atoms with van der Waals surface area (Å²) < 4.78 is 0. The number of allylic oxidation sites excluding steroid dienone is 5. The summed E-state index contributed by atoms with van der Waals surface area (Å²) in [4.78, 5) is 25.9. The van der Waals surface area contributed by atoms with E-state index in [0.717, 1.165) is 37.7 Å². The molecule has 0 saturated heterocycles. The highest BCUT2D eigenvalue weighted by atomic mass is 16.3. The van der Waals surface area contributed by atoms with Gasteiger partial charge in [0.05, 0.1) is 11.3 Å². The lowest BCUT2D eigenvalue weighted by atomic mass is 9.70. The largest absolute Gasteiger partial charge is 0.505 e. The predicted octanol–water partition coefficient (Wildman–Crippen LogP) is 4.94. The lowest BCUT2D eigenvalue weighted by Crippen LogP contribution is -2.36. The first-order valence-electron chi connectivity index (χ1n) is 10.2. The van der Waals surface area contributed by atoms with Crippen LogP contribution in [0.1, 0.15) is 66.2 Å². The van der Waals surface area contributed by atoms with E-state index < -0.39 is 11.6 Å². The predicted molar refractivity (Wildman–Crippen MR) is 109 cm³/mol. The molecule has 148 valence electrons. The van der Waals surface area contributed by atoms with Crippen molar-refractivity contribution in [1.29, 1.82) is 0 Å². The van der Waals surface area contributed by atoms with Gasteiger partial charge >= 0.3 is 0 Å². The van der Waals surface area contributed by atoms with Gasteiger partial charge < -0.3 is 10.4 Å². The summed E-state index contributed by atoms with van der Waals surface area (Å²) in [5.74, 6) is -1.30. The first-order valence-corrected chi connectivity index (χ1v) is 10.2. The molecule has 0 unspecified atom stereocenters. The van der Waals surface area contributed by atoms with Crippen LogP contribution in [0.5, 0.6) is 0 Å². The molecule has 0 heterocycles. The molecule has 0 bridgehead atoms. The van der Waals surface area contributed by atoms with Gasteiger partial charge in [0, 0.05) is 18.0 Å². The highest BCUT2D eigenvalue weighted by Crippen LogP contribution is 2.41. The third-order valence-electron chi connectivity index (χ3n) is 5.56. The second-order valence-electron chi connectivity index (χ2n) is 7.83. The lowest BCUT2D eigenvalue weighted by molar-refractivity contribution is -0.133. The van der Waals surface area contributed by atoms with E-state index in [4.69, 9.17) is 0 Å². The van der Waals surface area contributed by atoms with Crippen LogP contribution in [0.3, 0.4) is 0 Å². The lowest BCUT2D eigenvalue weighted by Gasteiger charge is -2.33. The maximum absolute atomic E-state index is 13.0. The molecule has 0 aromatic rings. The molecule has 0 fully saturated rings. The van der Waals surface area contributed by atoms with Crippen molar-refractivity contribution in [1.82, 2.24) is 5.32 Å². The molecule has 4 nitrogen and oxygen atoms in total. The van der Waals surface area contributed by atoms with Crippen LogP contribution >= 0.6 is 0 Å². The molecule has 0 aromatic carbocycles. The second-order valence-corrected chi connectivity index (χ2v) is 7.83. The van der Waals surface area contributed by atoms with Crippen molar-refractivity contribution in [3.63, 3.8) is 0 Å². The van der Waals surface area contributed by atoms with Crippen molar-refractivity contribution >= 4 is 11.6 Å². The Hall–Kier alpha value is -2.10. The molecule has 0 aliphatic heterocycles. The van der Waals surface area contributed by atoms with Crippen LogP contribution in [0.15, 0.2) is 46.4 Å². The molecule has 2 rings (SSSR count). The minimum absolute atomic E-state index is 0.0404. The number of carbonyl (C=O) groups is 2. The van der Waals surface area contributed by atoms with Crippen molar-refractivity contribution < 1.29 is 14.7 Å². The molecule has 2 atom stereocenters. The normalized spacial score (nSPS) is 23.6. The van der Waals surface area contributed by atoms with E-state index in [2.05, 4.69) is 18.8 Å². The van der Waals surface area contributed by atoms with Crippen LogP contribution in [0.25, 0.3) is 0 Å². The fraction of sp³-hybridized carbons (Fsp3) is 0.565. The van der Waals surface area contributed by atoms with E-state index >= 15 is 0 Å². The Kier molecular flexibility index (Phi) is 7.23. The van der Waals surface area contributed by atoms with Crippen molar-refractivity contribution in [2.75, 3.05) is 6.54 Å². The standard InChI is InChI=1S/C23H33NO3/c1-6-8-12-24-20-17(9-7-2)21(25)23(27)19(22(20)26)18-13-15(5)10-11-16(18)14(3)4/h13,16,18,24,26H,3,6-12H2,1-2,4-5H3/t16-,18+/m0/s1. The van der Waals surface area contributed by atoms with Gasteiger partial charge in [0.2, 0.25) is 11.6 Å². The highest BCUT2D eigenvalue weighted by Gasteiger charge is 2.41. The molecule has 0 saturated carbocycles. The zero-order valence-corrected chi connectivity index (χ0v) is 17.2. The smallest absolute Gasteiger partial charge is 0.233 e. The van der Waals surface area contributed by atoms with Gasteiger partial charge in [-0.2, -0.15) is 0 Å². The highest BCUT2D eigenvalue weighted by molar-refractivity contribution is 6.50. The third kappa shape index (κ3) is 4.42. The number of ketones is 2. The molecule has 2 aliphatic rings. The molecule has 2 N–H and O–H groups in total. The van der Waals surface area contributed by atoms with Crippen molar-refractivity contribution in [3.05, 3.63) is 46.4 Å². The Bertz CT molecular complexity index is 724. The van der Waals surface area contributed by atoms with Crippen LogP contribution < -0.4 is 5.32 Å².